The van der Waals surface area contributed by atoms with E-state index in [4.69, 9.17) is 23.2 Å². The van der Waals surface area contributed by atoms with Crippen LogP contribution in [0.15, 0.2) is 18.2 Å². The third kappa shape index (κ3) is 4.15. The Morgan fingerprint density at radius 1 is 1.22 bits per heavy atom. The van der Waals surface area contributed by atoms with E-state index in [1.807, 2.05) is 18.2 Å². The van der Waals surface area contributed by atoms with Gasteiger partial charge in [-0.15, -0.1) is 0 Å². The Hall–Kier alpha value is -0.240. The van der Waals surface area contributed by atoms with Crippen molar-refractivity contribution in [3.63, 3.8) is 0 Å². The molecule has 2 atom stereocenters. The number of hydrogen-bond acceptors (Lipinski definition) is 1. The molecule has 0 bridgehead atoms. The summed E-state index contributed by atoms with van der Waals surface area (Å²) in [6.45, 7) is 5.71. The number of rotatable bonds is 6. The molecule has 1 saturated carbocycles. The number of benzene rings is 1. The Morgan fingerprint density at radius 2 is 1.94 bits per heavy atom. The Morgan fingerprint density at radius 3 is 2.56 bits per heavy atom. The van der Waals surface area contributed by atoms with Gasteiger partial charge in [-0.1, -0.05) is 43.1 Å². The van der Waals surface area contributed by atoms with E-state index in [1.54, 1.807) is 0 Å². The maximum atomic E-state index is 6.22. The van der Waals surface area contributed by atoms with Gasteiger partial charge in [-0.2, -0.15) is 0 Å². The van der Waals surface area contributed by atoms with Gasteiger partial charge in [-0.25, -0.2) is 0 Å². The molecule has 1 aliphatic rings. The highest BCUT2D eigenvalue weighted by Gasteiger charge is 2.22. The van der Waals surface area contributed by atoms with Crippen LogP contribution in [0.5, 0.6) is 0 Å². The lowest BCUT2D eigenvalue weighted by Crippen LogP contribution is -2.27. The highest BCUT2D eigenvalue weighted by atomic mass is 35.5. The standard InChI is InChI=1S/C15H21Cl2N/c1-10(11(2)9-18-14-5-6-14)7-12-3-4-13(16)8-15(12)17/h3-4,8,10-11,14,18H,5-7,9H2,1-2H3. The fourth-order valence-corrected chi connectivity index (χ4v) is 2.56. The highest BCUT2D eigenvalue weighted by molar-refractivity contribution is 6.35. The maximum Gasteiger partial charge on any atom is 0.0452 e. The summed E-state index contributed by atoms with van der Waals surface area (Å²) in [7, 11) is 0. The summed E-state index contributed by atoms with van der Waals surface area (Å²) in [6, 6.07) is 6.59. The Balaban J connectivity index is 1.86. The molecule has 0 spiro atoms. The second-order valence-corrected chi connectivity index (χ2v) is 6.42. The normalized spacial score (nSPS) is 18.7. The molecule has 1 aliphatic carbocycles. The van der Waals surface area contributed by atoms with Gasteiger partial charge in [0.1, 0.15) is 0 Å². The van der Waals surface area contributed by atoms with Crippen LogP contribution in [0.3, 0.4) is 0 Å². The SMILES string of the molecule is CC(CNC1CC1)C(C)Cc1ccc(Cl)cc1Cl. The molecule has 0 heterocycles. The van der Waals surface area contributed by atoms with Crippen molar-refractivity contribution in [2.75, 3.05) is 6.54 Å². The zero-order chi connectivity index (χ0) is 13.1. The minimum absolute atomic E-state index is 0.620. The summed E-state index contributed by atoms with van der Waals surface area (Å²) in [4.78, 5) is 0. The molecule has 1 N–H and O–H groups in total. The molecular formula is C15H21Cl2N. The van der Waals surface area contributed by atoms with E-state index in [1.165, 1.54) is 18.4 Å². The third-order valence-electron chi connectivity index (χ3n) is 3.83. The van der Waals surface area contributed by atoms with Gasteiger partial charge < -0.3 is 5.32 Å². The lowest BCUT2D eigenvalue weighted by atomic mass is 9.89. The van der Waals surface area contributed by atoms with Crippen molar-refractivity contribution in [3.05, 3.63) is 33.8 Å². The molecule has 2 rings (SSSR count). The van der Waals surface area contributed by atoms with E-state index < -0.39 is 0 Å². The summed E-state index contributed by atoms with van der Waals surface area (Å²) < 4.78 is 0. The number of nitrogens with one attached hydrogen (secondary N) is 1. The second kappa shape index (κ2) is 6.27. The van der Waals surface area contributed by atoms with E-state index in [-0.39, 0.29) is 0 Å². The molecule has 0 amide bonds. The van der Waals surface area contributed by atoms with E-state index in [9.17, 15) is 0 Å². The summed E-state index contributed by atoms with van der Waals surface area (Å²) in [5.74, 6) is 1.28. The van der Waals surface area contributed by atoms with Crippen molar-refractivity contribution >= 4 is 23.2 Å². The first-order valence-corrected chi connectivity index (χ1v) is 7.49. The van der Waals surface area contributed by atoms with Crippen LogP contribution in [0.4, 0.5) is 0 Å². The van der Waals surface area contributed by atoms with Crippen LogP contribution in [0.2, 0.25) is 10.0 Å². The summed E-state index contributed by atoms with van der Waals surface area (Å²) in [5, 5.41) is 5.09. The molecule has 1 nitrogen and oxygen atoms in total. The predicted octanol–water partition coefficient (Wildman–Crippen LogP) is 4.56. The molecule has 3 heteroatoms. The topological polar surface area (TPSA) is 12.0 Å². The van der Waals surface area contributed by atoms with Gasteiger partial charge in [0, 0.05) is 16.1 Å². The van der Waals surface area contributed by atoms with Gasteiger partial charge >= 0.3 is 0 Å². The molecule has 0 saturated heterocycles. The Bertz CT molecular complexity index is 401. The minimum Gasteiger partial charge on any atom is -0.314 e. The first kappa shape index (κ1) is 14.2. The number of halogens is 2. The average Bonchev–Trinajstić information content (AvgIpc) is 3.13. The lowest BCUT2D eigenvalue weighted by Gasteiger charge is -2.21. The van der Waals surface area contributed by atoms with E-state index in [0.29, 0.717) is 16.9 Å². The van der Waals surface area contributed by atoms with Crippen LogP contribution in [-0.2, 0) is 6.42 Å². The second-order valence-electron chi connectivity index (χ2n) is 5.58. The highest BCUT2D eigenvalue weighted by Crippen LogP contribution is 2.26. The molecule has 1 fully saturated rings. The van der Waals surface area contributed by atoms with Crippen LogP contribution in [0.25, 0.3) is 0 Å². The van der Waals surface area contributed by atoms with Gasteiger partial charge in [0.05, 0.1) is 0 Å². The molecule has 0 radical (unpaired) electrons. The molecule has 0 aliphatic heterocycles. The molecule has 1 aromatic rings. The van der Waals surface area contributed by atoms with Crippen molar-refractivity contribution in [2.24, 2.45) is 11.8 Å². The van der Waals surface area contributed by atoms with E-state index in [2.05, 4.69) is 19.2 Å². The van der Waals surface area contributed by atoms with Crippen molar-refractivity contribution in [1.29, 1.82) is 0 Å². The van der Waals surface area contributed by atoms with Crippen LogP contribution in [0, 0.1) is 11.8 Å². The quantitative estimate of drug-likeness (QED) is 0.808. The van der Waals surface area contributed by atoms with Crippen molar-refractivity contribution < 1.29 is 0 Å². The fourth-order valence-electron chi connectivity index (χ4n) is 2.08. The predicted molar refractivity (Wildman–Crippen MR) is 79.5 cm³/mol. The van der Waals surface area contributed by atoms with Gasteiger partial charge in [0.15, 0.2) is 0 Å². The first-order valence-electron chi connectivity index (χ1n) is 6.73. The van der Waals surface area contributed by atoms with Crippen LogP contribution >= 0.6 is 23.2 Å². The smallest absolute Gasteiger partial charge is 0.0452 e. The van der Waals surface area contributed by atoms with Gasteiger partial charge in [0.2, 0.25) is 0 Å². The van der Waals surface area contributed by atoms with E-state index >= 15 is 0 Å². The van der Waals surface area contributed by atoms with Crippen LogP contribution < -0.4 is 5.32 Å². The van der Waals surface area contributed by atoms with Crippen molar-refractivity contribution in [3.8, 4) is 0 Å². The monoisotopic (exact) mass is 285 g/mol. The summed E-state index contributed by atoms with van der Waals surface area (Å²) in [6.07, 6.45) is 3.72. The van der Waals surface area contributed by atoms with Crippen molar-refractivity contribution in [2.45, 2.75) is 39.2 Å². The summed E-state index contributed by atoms with van der Waals surface area (Å²) >= 11 is 12.1. The van der Waals surface area contributed by atoms with Gasteiger partial charge in [0.25, 0.3) is 0 Å². The summed E-state index contributed by atoms with van der Waals surface area (Å²) in [5.41, 5.74) is 1.20. The molecule has 1 aromatic carbocycles. The van der Waals surface area contributed by atoms with Crippen LogP contribution in [0.1, 0.15) is 32.3 Å². The van der Waals surface area contributed by atoms with Gasteiger partial charge in [-0.3, -0.25) is 0 Å². The zero-order valence-electron chi connectivity index (χ0n) is 11.0. The first-order chi connectivity index (χ1) is 8.56. The van der Waals surface area contributed by atoms with Gasteiger partial charge in [-0.05, 0) is 55.3 Å². The molecule has 0 aromatic heterocycles. The fraction of sp³-hybridized carbons (Fsp3) is 0.600. The minimum atomic E-state index is 0.620. The van der Waals surface area contributed by atoms with E-state index in [0.717, 1.165) is 24.0 Å². The number of hydrogen-bond donors (Lipinski definition) is 1. The molecule has 2 unspecified atom stereocenters. The largest absolute Gasteiger partial charge is 0.314 e. The van der Waals surface area contributed by atoms with Crippen LogP contribution in [-0.4, -0.2) is 12.6 Å². The molecule has 100 valence electrons. The maximum absolute atomic E-state index is 6.22. The molecular weight excluding hydrogens is 265 g/mol. The third-order valence-corrected chi connectivity index (χ3v) is 4.42. The van der Waals surface area contributed by atoms with Crippen molar-refractivity contribution in [1.82, 2.24) is 5.32 Å². The average molecular weight is 286 g/mol. The molecule has 18 heavy (non-hydrogen) atoms. The lowest BCUT2D eigenvalue weighted by molar-refractivity contribution is 0.364. The Labute approximate surface area is 120 Å². The zero-order valence-corrected chi connectivity index (χ0v) is 12.6. The Kier molecular flexibility index (Phi) is 4.94.